The maximum absolute atomic E-state index is 5.93. The Bertz CT molecular complexity index is 884. The molecule has 7 heteroatoms. The van der Waals surface area contributed by atoms with E-state index in [0.29, 0.717) is 12.4 Å². The summed E-state index contributed by atoms with van der Waals surface area (Å²) < 4.78 is 1.86. The van der Waals surface area contributed by atoms with Crippen molar-refractivity contribution in [1.82, 2.24) is 24.6 Å². The number of hydrogen-bond acceptors (Lipinski definition) is 6. The minimum absolute atomic E-state index is 0.216. The summed E-state index contributed by atoms with van der Waals surface area (Å²) in [6.07, 6.45) is 3.75. The van der Waals surface area contributed by atoms with Gasteiger partial charge in [0.2, 0.25) is 5.95 Å². The van der Waals surface area contributed by atoms with Crippen LogP contribution in [-0.2, 0) is 6.54 Å². The van der Waals surface area contributed by atoms with E-state index in [1.54, 1.807) is 6.20 Å². The molecule has 0 bridgehead atoms. The van der Waals surface area contributed by atoms with E-state index in [4.69, 9.17) is 5.73 Å². The number of benzene rings is 1. The van der Waals surface area contributed by atoms with Crippen LogP contribution in [0.4, 0.5) is 11.8 Å². The van der Waals surface area contributed by atoms with E-state index in [0.717, 1.165) is 17.8 Å². The molecule has 7 nitrogen and oxygen atoms in total. The highest BCUT2D eigenvalue weighted by atomic mass is 15.3. The third-order valence-corrected chi connectivity index (χ3v) is 4.56. The van der Waals surface area contributed by atoms with Crippen LogP contribution in [0.3, 0.4) is 0 Å². The van der Waals surface area contributed by atoms with Crippen LogP contribution in [0.25, 0.3) is 11.3 Å². The van der Waals surface area contributed by atoms with Crippen LogP contribution in [0.15, 0.2) is 42.7 Å². The number of nitrogens with zero attached hydrogens (tertiary/aromatic N) is 5. The van der Waals surface area contributed by atoms with Gasteiger partial charge in [-0.05, 0) is 33.5 Å². The number of rotatable bonds is 7. The van der Waals surface area contributed by atoms with Crippen molar-refractivity contribution in [3.63, 3.8) is 0 Å². The van der Waals surface area contributed by atoms with Crippen molar-refractivity contribution >= 4 is 11.8 Å². The Labute approximate surface area is 160 Å². The van der Waals surface area contributed by atoms with E-state index in [-0.39, 0.29) is 12.0 Å². The van der Waals surface area contributed by atoms with Gasteiger partial charge < -0.3 is 16.0 Å². The van der Waals surface area contributed by atoms with Gasteiger partial charge in [0.25, 0.3) is 0 Å². The monoisotopic (exact) mass is 365 g/mol. The fraction of sp³-hybridized carbons (Fsp3) is 0.350. The molecule has 0 saturated carbocycles. The Morgan fingerprint density at radius 2 is 1.93 bits per heavy atom. The third kappa shape index (κ3) is 4.62. The Hall–Kier alpha value is -2.93. The lowest BCUT2D eigenvalue weighted by Crippen LogP contribution is -2.27. The number of nitrogen functional groups attached to an aromatic ring is 1. The lowest BCUT2D eigenvalue weighted by molar-refractivity contribution is 0.311. The summed E-state index contributed by atoms with van der Waals surface area (Å²) in [5, 5.41) is 7.71. The average Bonchev–Trinajstić information content (AvgIpc) is 3.12. The van der Waals surface area contributed by atoms with Gasteiger partial charge in [-0.1, -0.05) is 29.8 Å². The molecule has 3 rings (SSSR count). The number of aryl methyl sites for hydroxylation is 2. The Morgan fingerprint density at radius 1 is 1.19 bits per heavy atom. The normalized spacial score (nSPS) is 12.3. The zero-order chi connectivity index (χ0) is 19.4. The highest BCUT2D eigenvalue weighted by Crippen LogP contribution is 2.23. The molecule has 3 N–H and O–H groups in total. The standard InChI is InChI=1S/C20H27N7/c1-5-27-13-16(11-23-27)17-10-19(25-20(21)24-17)22-12-18(26(3)4)15-8-6-14(2)7-9-15/h6-11,13,18H,5,12H2,1-4H3,(H3,21,22,24,25)/t18-/m1/s1. The van der Waals surface area contributed by atoms with Gasteiger partial charge in [0.05, 0.1) is 17.9 Å². The third-order valence-electron chi connectivity index (χ3n) is 4.56. The number of nitrogens with one attached hydrogen (secondary N) is 1. The van der Waals surface area contributed by atoms with Crippen LogP contribution >= 0.6 is 0 Å². The quantitative estimate of drug-likeness (QED) is 0.670. The van der Waals surface area contributed by atoms with Crippen LogP contribution < -0.4 is 11.1 Å². The first-order chi connectivity index (χ1) is 13.0. The van der Waals surface area contributed by atoms with Crippen molar-refractivity contribution < 1.29 is 0 Å². The molecule has 1 aromatic carbocycles. The molecule has 2 heterocycles. The van der Waals surface area contributed by atoms with Crippen LogP contribution in [-0.4, -0.2) is 45.3 Å². The Balaban J connectivity index is 1.78. The van der Waals surface area contributed by atoms with E-state index in [1.165, 1.54) is 11.1 Å². The number of nitrogens with two attached hydrogens (primary N) is 1. The number of anilines is 2. The first-order valence-corrected chi connectivity index (χ1v) is 9.10. The van der Waals surface area contributed by atoms with E-state index in [2.05, 4.69) is 70.6 Å². The first kappa shape index (κ1) is 18.8. The topological polar surface area (TPSA) is 84.9 Å². The zero-order valence-electron chi connectivity index (χ0n) is 16.3. The molecule has 0 spiro atoms. The maximum Gasteiger partial charge on any atom is 0.222 e. The van der Waals surface area contributed by atoms with Crippen LogP contribution in [0.2, 0.25) is 0 Å². The van der Waals surface area contributed by atoms with Crippen molar-refractivity contribution in [1.29, 1.82) is 0 Å². The molecule has 0 radical (unpaired) electrons. The number of hydrogen-bond donors (Lipinski definition) is 2. The molecule has 0 aliphatic carbocycles. The fourth-order valence-corrected chi connectivity index (χ4v) is 2.96. The number of aromatic nitrogens is 4. The molecule has 0 unspecified atom stereocenters. The summed E-state index contributed by atoms with van der Waals surface area (Å²) >= 11 is 0. The van der Waals surface area contributed by atoms with E-state index in [9.17, 15) is 0 Å². The lowest BCUT2D eigenvalue weighted by Gasteiger charge is -2.25. The van der Waals surface area contributed by atoms with Gasteiger partial charge in [-0.15, -0.1) is 0 Å². The predicted octanol–water partition coefficient (Wildman–Crippen LogP) is 2.97. The van der Waals surface area contributed by atoms with Crippen molar-refractivity contribution in [2.45, 2.75) is 26.4 Å². The first-order valence-electron chi connectivity index (χ1n) is 9.10. The van der Waals surface area contributed by atoms with Crippen molar-refractivity contribution in [3.8, 4) is 11.3 Å². The minimum Gasteiger partial charge on any atom is -0.368 e. The predicted molar refractivity (Wildman–Crippen MR) is 109 cm³/mol. The van der Waals surface area contributed by atoms with Gasteiger partial charge in [0, 0.05) is 30.9 Å². The molecule has 0 saturated heterocycles. The van der Waals surface area contributed by atoms with Gasteiger partial charge in [-0.3, -0.25) is 4.68 Å². The summed E-state index contributed by atoms with van der Waals surface area (Å²) in [6, 6.07) is 10.7. The summed E-state index contributed by atoms with van der Waals surface area (Å²) in [5.41, 5.74) is 10.1. The van der Waals surface area contributed by atoms with Gasteiger partial charge >= 0.3 is 0 Å². The highest BCUT2D eigenvalue weighted by molar-refractivity contribution is 5.62. The maximum atomic E-state index is 5.93. The van der Waals surface area contributed by atoms with Crippen molar-refractivity contribution in [2.75, 3.05) is 31.7 Å². The second-order valence-electron chi connectivity index (χ2n) is 6.85. The average molecular weight is 365 g/mol. The minimum atomic E-state index is 0.216. The second-order valence-corrected chi connectivity index (χ2v) is 6.85. The summed E-state index contributed by atoms with van der Waals surface area (Å²) in [5.74, 6) is 0.955. The molecule has 0 aliphatic rings. The number of likely N-dealkylation sites (N-methyl/N-ethyl adjacent to an activating group) is 1. The Kier molecular flexibility index (Phi) is 5.71. The van der Waals surface area contributed by atoms with E-state index >= 15 is 0 Å². The van der Waals surface area contributed by atoms with E-state index in [1.807, 2.05) is 23.9 Å². The summed E-state index contributed by atoms with van der Waals surface area (Å²) in [7, 11) is 4.15. The molecule has 1 atom stereocenters. The van der Waals surface area contributed by atoms with Gasteiger partial charge in [0.1, 0.15) is 5.82 Å². The molecular formula is C20H27N7. The van der Waals surface area contributed by atoms with Crippen LogP contribution in [0.5, 0.6) is 0 Å². The zero-order valence-corrected chi connectivity index (χ0v) is 16.3. The highest BCUT2D eigenvalue weighted by Gasteiger charge is 2.15. The molecule has 2 aromatic heterocycles. The van der Waals surface area contributed by atoms with Crippen molar-refractivity contribution in [2.24, 2.45) is 0 Å². The van der Waals surface area contributed by atoms with Crippen LogP contribution in [0.1, 0.15) is 24.1 Å². The molecule has 0 fully saturated rings. The molecule has 27 heavy (non-hydrogen) atoms. The Morgan fingerprint density at radius 3 is 2.56 bits per heavy atom. The molecular weight excluding hydrogens is 338 g/mol. The molecule has 0 amide bonds. The largest absolute Gasteiger partial charge is 0.368 e. The summed E-state index contributed by atoms with van der Waals surface area (Å²) in [6.45, 7) is 5.66. The van der Waals surface area contributed by atoms with Gasteiger partial charge in [-0.2, -0.15) is 10.1 Å². The molecule has 0 aliphatic heterocycles. The smallest absolute Gasteiger partial charge is 0.222 e. The lowest BCUT2D eigenvalue weighted by atomic mass is 10.0. The van der Waals surface area contributed by atoms with Gasteiger partial charge in [0.15, 0.2) is 0 Å². The molecule has 3 aromatic rings. The molecule has 142 valence electrons. The van der Waals surface area contributed by atoms with Crippen LogP contribution in [0, 0.1) is 6.92 Å². The second kappa shape index (κ2) is 8.18. The van der Waals surface area contributed by atoms with E-state index < -0.39 is 0 Å². The van der Waals surface area contributed by atoms with Crippen molar-refractivity contribution in [3.05, 3.63) is 53.9 Å². The fourth-order valence-electron chi connectivity index (χ4n) is 2.96. The SMILES string of the molecule is CCn1cc(-c2cc(NC[C@H](c3ccc(C)cc3)N(C)C)nc(N)n2)cn1. The van der Waals surface area contributed by atoms with Gasteiger partial charge in [-0.25, -0.2) is 4.98 Å². The summed E-state index contributed by atoms with van der Waals surface area (Å²) in [4.78, 5) is 10.9.